The van der Waals surface area contributed by atoms with E-state index in [1.165, 1.54) is 23.5 Å². The maximum atomic E-state index is 13.0. The van der Waals surface area contributed by atoms with Gasteiger partial charge in [-0.3, -0.25) is 9.48 Å². The summed E-state index contributed by atoms with van der Waals surface area (Å²) in [6.07, 6.45) is 1.09. The van der Waals surface area contributed by atoms with Gasteiger partial charge in [0.25, 0.3) is 5.91 Å². The minimum Gasteiger partial charge on any atom is -0.338 e. The molecule has 1 aliphatic heterocycles. The lowest BCUT2D eigenvalue weighted by Gasteiger charge is -2.30. The van der Waals surface area contributed by atoms with Crippen LogP contribution in [0.5, 0.6) is 0 Å². The van der Waals surface area contributed by atoms with Crippen LogP contribution in [0.2, 0.25) is 0 Å². The quantitative estimate of drug-likeness (QED) is 0.738. The molecule has 2 aromatic heterocycles. The highest BCUT2D eigenvalue weighted by atomic mass is 32.1. The van der Waals surface area contributed by atoms with Crippen LogP contribution < -0.4 is 0 Å². The molecule has 23 heavy (non-hydrogen) atoms. The molecular formula is C17H16FN3OS. The molecule has 6 heteroatoms. The van der Waals surface area contributed by atoms with E-state index in [9.17, 15) is 9.18 Å². The standard InChI is InChI=1S/C17H16FN3OS/c1-11-14-9-15(16(22)20-7-2-8-20)23-17(14)21(19-11)10-12-3-5-13(18)6-4-12/h3-6,9H,2,7-8,10H2,1H3. The van der Waals surface area contributed by atoms with E-state index in [2.05, 4.69) is 5.10 Å². The lowest BCUT2D eigenvalue weighted by molar-refractivity contribution is 0.0657. The molecule has 0 aliphatic carbocycles. The molecule has 4 rings (SSSR count). The zero-order valence-electron chi connectivity index (χ0n) is 12.8. The number of aryl methyl sites for hydroxylation is 1. The number of likely N-dealkylation sites (tertiary alicyclic amines) is 1. The summed E-state index contributed by atoms with van der Waals surface area (Å²) >= 11 is 1.49. The number of hydrogen-bond donors (Lipinski definition) is 0. The molecular weight excluding hydrogens is 313 g/mol. The Labute approximate surface area is 137 Å². The van der Waals surface area contributed by atoms with E-state index in [0.29, 0.717) is 6.54 Å². The lowest BCUT2D eigenvalue weighted by atomic mass is 10.2. The monoisotopic (exact) mass is 329 g/mol. The highest BCUT2D eigenvalue weighted by Crippen LogP contribution is 2.30. The highest BCUT2D eigenvalue weighted by molar-refractivity contribution is 7.20. The predicted molar refractivity (Wildman–Crippen MR) is 88.4 cm³/mol. The Balaban J connectivity index is 1.68. The summed E-state index contributed by atoms with van der Waals surface area (Å²) in [6.45, 7) is 4.23. The van der Waals surface area contributed by atoms with E-state index in [1.54, 1.807) is 12.1 Å². The Kier molecular flexibility index (Phi) is 3.41. The smallest absolute Gasteiger partial charge is 0.264 e. The fraction of sp³-hybridized carbons (Fsp3) is 0.294. The van der Waals surface area contributed by atoms with Crippen molar-refractivity contribution in [3.8, 4) is 0 Å². The van der Waals surface area contributed by atoms with E-state index >= 15 is 0 Å². The Bertz CT molecular complexity index is 877. The summed E-state index contributed by atoms with van der Waals surface area (Å²) in [7, 11) is 0. The number of hydrogen-bond acceptors (Lipinski definition) is 3. The molecule has 1 aliphatic rings. The van der Waals surface area contributed by atoms with Crippen molar-refractivity contribution in [3.63, 3.8) is 0 Å². The second kappa shape index (κ2) is 5.45. The van der Waals surface area contributed by atoms with Gasteiger partial charge in [-0.1, -0.05) is 12.1 Å². The van der Waals surface area contributed by atoms with Gasteiger partial charge in [0.15, 0.2) is 0 Å². The van der Waals surface area contributed by atoms with E-state index in [-0.39, 0.29) is 11.7 Å². The molecule has 1 aromatic carbocycles. The van der Waals surface area contributed by atoms with E-state index < -0.39 is 0 Å². The Morgan fingerprint density at radius 2 is 2.04 bits per heavy atom. The second-order valence-corrected chi connectivity index (χ2v) is 6.88. The number of halogens is 1. The van der Waals surface area contributed by atoms with E-state index in [1.807, 2.05) is 22.6 Å². The number of amides is 1. The van der Waals surface area contributed by atoms with Crippen LogP contribution in [-0.2, 0) is 6.54 Å². The van der Waals surface area contributed by atoms with Crippen LogP contribution in [-0.4, -0.2) is 33.7 Å². The molecule has 0 bridgehead atoms. The first-order valence-electron chi connectivity index (χ1n) is 7.62. The number of carbonyl (C=O) groups excluding carboxylic acids is 1. The van der Waals surface area contributed by atoms with Gasteiger partial charge >= 0.3 is 0 Å². The number of thiophene rings is 1. The van der Waals surface area contributed by atoms with Gasteiger partial charge in [-0.15, -0.1) is 11.3 Å². The number of fused-ring (bicyclic) bond motifs is 1. The summed E-state index contributed by atoms with van der Waals surface area (Å²) in [6, 6.07) is 8.38. The maximum Gasteiger partial charge on any atom is 0.264 e. The van der Waals surface area contributed by atoms with Crippen LogP contribution in [0.25, 0.3) is 10.2 Å². The largest absolute Gasteiger partial charge is 0.338 e. The Morgan fingerprint density at radius 3 is 2.70 bits per heavy atom. The third kappa shape index (κ3) is 2.53. The van der Waals surface area contributed by atoms with Gasteiger partial charge in [-0.05, 0) is 37.1 Å². The third-order valence-corrected chi connectivity index (χ3v) is 5.34. The van der Waals surface area contributed by atoms with Crippen molar-refractivity contribution in [3.05, 3.63) is 52.3 Å². The first kappa shape index (κ1) is 14.4. The molecule has 0 spiro atoms. The number of carbonyl (C=O) groups is 1. The zero-order chi connectivity index (χ0) is 16.0. The van der Waals surface area contributed by atoms with Gasteiger partial charge in [0.1, 0.15) is 10.6 Å². The average Bonchev–Trinajstić information content (AvgIpc) is 3.02. The summed E-state index contributed by atoms with van der Waals surface area (Å²) < 4.78 is 14.9. The van der Waals surface area contributed by atoms with Crippen molar-refractivity contribution in [1.29, 1.82) is 0 Å². The number of benzene rings is 1. The highest BCUT2D eigenvalue weighted by Gasteiger charge is 2.24. The van der Waals surface area contributed by atoms with Crippen LogP contribution >= 0.6 is 11.3 Å². The van der Waals surface area contributed by atoms with E-state index in [0.717, 1.165) is 45.9 Å². The predicted octanol–water partition coefficient (Wildman–Crippen LogP) is 3.44. The van der Waals surface area contributed by atoms with Gasteiger partial charge in [0.05, 0.1) is 17.1 Å². The fourth-order valence-electron chi connectivity index (χ4n) is 2.76. The molecule has 1 amide bonds. The van der Waals surface area contributed by atoms with Crippen LogP contribution in [0.4, 0.5) is 4.39 Å². The second-order valence-electron chi connectivity index (χ2n) is 5.84. The van der Waals surface area contributed by atoms with Crippen LogP contribution in [0, 0.1) is 12.7 Å². The van der Waals surface area contributed by atoms with Gasteiger partial charge in [0, 0.05) is 18.5 Å². The average molecular weight is 329 g/mol. The van der Waals surface area contributed by atoms with Crippen molar-refractivity contribution in [1.82, 2.24) is 14.7 Å². The van der Waals surface area contributed by atoms with Crippen LogP contribution in [0.15, 0.2) is 30.3 Å². The van der Waals surface area contributed by atoms with E-state index in [4.69, 9.17) is 0 Å². The zero-order valence-corrected chi connectivity index (χ0v) is 13.6. The molecule has 1 saturated heterocycles. The summed E-state index contributed by atoms with van der Waals surface area (Å²) in [5.41, 5.74) is 1.90. The summed E-state index contributed by atoms with van der Waals surface area (Å²) in [5, 5.41) is 5.58. The number of nitrogens with zero attached hydrogens (tertiary/aromatic N) is 3. The first-order valence-corrected chi connectivity index (χ1v) is 8.44. The molecule has 0 atom stereocenters. The molecule has 3 heterocycles. The topological polar surface area (TPSA) is 38.1 Å². The molecule has 0 radical (unpaired) electrons. The normalized spacial score (nSPS) is 14.3. The molecule has 0 N–H and O–H groups in total. The summed E-state index contributed by atoms with van der Waals surface area (Å²) in [5.74, 6) is -0.126. The van der Waals surface area contributed by atoms with Crippen molar-refractivity contribution < 1.29 is 9.18 Å². The minimum absolute atomic E-state index is 0.116. The van der Waals surface area contributed by atoms with Gasteiger partial charge < -0.3 is 4.90 Å². The minimum atomic E-state index is -0.242. The van der Waals surface area contributed by atoms with Crippen LogP contribution in [0.1, 0.15) is 27.3 Å². The number of aromatic nitrogens is 2. The van der Waals surface area contributed by atoms with Crippen molar-refractivity contribution in [2.24, 2.45) is 0 Å². The van der Waals surface area contributed by atoms with Crippen molar-refractivity contribution in [2.75, 3.05) is 13.1 Å². The number of rotatable bonds is 3. The van der Waals surface area contributed by atoms with Crippen molar-refractivity contribution >= 4 is 27.5 Å². The molecule has 118 valence electrons. The van der Waals surface area contributed by atoms with Crippen LogP contribution in [0.3, 0.4) is 0 Å². The molecule has 0 saturated carbocycles. The SMILES string of the molecule is Cc1nn(Cc2ccc(F)cc2)c2sc(C(=O)N3CCC3)cc12. The Morgan fingerprint density at radius 1 is 1.30 bits per heavy atom. The summed E-state index contributed by atoms with van der Waals surface area (Å²) in [4.78, 5) is 16.0. The molecule has 3 aromatic rings. The molecule has 4 nitrogen and oxygen atoms in total. The fourth-order valence-corrected chi connectivity index (χ4v) is 3.89. The molecule has 1 fully saturated rings. The maximum absolute atomic E-state index is 13.0. The van der Waals surface area contributed by atoms with Gasteiger partial charge in [-0.2, -0.15) is 5.10 Å². The third-order valence-electron chi connectivity index (χ3n) is 4.21. The first-order chi connectivity index (χ1) is 11.1. The lowest BCUT2D eigenvalue weighted by Crippen LogP contribution is -2.41. The van der Waals surface area contributed by atoms with Gasteiger partial charge in [-0.25, -0.2) is 4.39 Å². The van der Waals surface area contributed by atoms with Crippen molar-refractivity contribution in [2.45, 2.75) is 19.9 Å². The van der Waals surface area contributed by atoms with Gasteiger partial charge in [0.2, 0.25) is 0 Å². The Hall–Kier alpha value is -2.21. The molecule has 0 unspecified atom stereocenters.